The van der Waals surface area contributed by atoms with Crippen molar-refractivity contribution in [3.8, 4) is 58.0 Å². The van der Waals surface area contributed by atoms with Crippen molar-refractivity contribution >= 4 is 78.1 Å². The van der Waals surface area contributed by atoms with Crippen molar-refractivity contribution < 1.29 is 14.4 Å². The zero-order chi connectivity index (χ0) is 81.1. The second-order valence-electron chi connectivity index (χ2n) is 27.5. The number of anilines is 1. The highest BCUT2D eigenvalue weighted by atomic mass is 32.1. The average Bonchev–Trinajstić information content (AvgIpc) is 1.49. The first-order valence-corrected chi connectivity index (χ1v) is 37.9. The molecule has 14 heterocycles. The van der Waals surface area contributed by atoms with Gasteiger partial charge >= 0.3 is 0 Å². The van der Waals surface area contributed by atoms with Gasteiger partial charge < -0.3 is 21.7 Å². The number of nitrogens with zero attached hydrogens (tertiary/aromatic N) is 19. The molecule has 0 aliphatic heterocycles. The molecule has 3 atom stereocenters. The van der Waals surface area contributed by atoms with Crippen molar-refractivity contribution in [3.05, 3.63) is 337 Å². The van der Waals surface area contributed by atoms with Crippen LogP contribution in [-0.2, 0) is 21.1 Å². The van der Waals surface area contributed by atoms with Crippen LogP contribution in [0, 0.1) is 49.4 Å². The Kier molecular flexibility index (Phi) is 20.6. The van der Waals surface area contributed by atoms with E-state index in [9.17, 15) is 24.0 Å². The summed E-state index contributed by atoms with van der Waals surface area (Å²) in [6.07, 6.45) is 19.3. The molecule has 18 rings (SSSR count). The Hall–Kier alpha value is -15.9. The van der Waals surface area contributed by atoms with Gasteiger partial charge in [0.2, 0.25) is 0 Å². The van der Waals surface area contributed by atoms with Crippen molar-refractivity contribution in [1.29, 1.82) is 0 Å². The van der Waals surface area contributed by atoms with E-state index < -0.39 is 18.0 Å². The van der Waals surface area contributed by atoms with E-state index in [1.165, 1.54) is 20.4 Å². The van der Waals surface area contributed by atoms with Gasteiger partial charge in [-0.2, -0.15) is 40.8 Å². The SMILES string of the molecule is C[C@H](NC(=O)c1c(N)nn2ccccc12)c1nn2ccc(C#Cc3cnn(C)c3)c2c(=O)n1-c1ccccc1.Cc1nn2ccccc2c1C(=O)N[C@@H](C)c1cc2nncc(C#Cc3cnn(C)c3)c2cc1-c1ccccc1.Cc1nn2ccccc2c1C(=O)N[C@@H](C)c1nc2scc(C#Cc3cnn(C)c3)c2c(=O)n1-c1ccccc1. The smallest absolute Gasteiger partial charge is 0.283 e. The second kappa shape index (κ2) is 32.0. The Bertz CT molecular complexity index is 6950. The molecule has 18 aromatic rings. The Morgan fingerprint density at radius 1 is 0.470 bits per heavy atom. The second-order valence-corrected chi connectivity index (χ2v) is 28.4. The number of fused-ring (bicyclic) bond motifs is 6. The van der Waals surface area contributed by atoms with Gasteiger partial charge in [0.15, 0.2) is 11.6 Å². The van der Waals surface area contributed by atoms with Crippen molar-refractivity contribution in [3.63, 3.8) is 0 Å². The molecule has 0 radical (unpaired) electrons. The minimum Gasteiger partial charge on any atom is -0.382 e. The lowest BCUT2D eigenvalue weighted by molar-refractivity contribution is 0.0930. The number of benzene rings is 4. The quantitative estimate of drug-likeness (QED) is 0.0826. The van der Waals surface area contributed by atoms with E-state index in [2.05, 4.69) is 110 Å². The number of nitrogens with two attached hydrogens (primary N) is 1. The highest BCUT2D eigenvalue weighted by molar-refractivity contribution is 7.17. The van der Waals surface area contributed by atoms with Crippen LogP contribution >= 0.6 is 11.3 Å². The molecule has 4 aromatic carbocycles. The molecule has 0 aliphatic rings. The normalized spacial score (nSPS) is 11.8. The van der Waals surface area contributed by atoms with Crippen LogP contribution in [0.1, 0.15) is 132 Å². The fraction of sp³-hybridized carbons (Fsp3) is 0.125. The third-order valence-electron chi connectivity index (χ3n) is 19.4. The van der Waals surface area contributed by atoms with Crippen molar-refractivity contribution in [2.45, 2.75) is 52.7 Å². The molecule has 0 fully saturated rings. The maximum Gasteiger partial charge on any atom is 0.283 e. The lowest BCUT2D eigenvalue weighted by atomic mass is 9.92. The number of para-hydroxylation sites is 2. The van der Waals surface area contributed by atoms with E-state index in [1.54, 1.807) is 120 Å². The molecule has 5 N–H and O–H groups in total. The first kappa shape index (κ1) is 75.1. The monoisotopic (exact) mass is 1560 g/mol. The molecule has 3 amide bonds. The van der Waals surface area contributed by atoms with E-state index in [0.717, 1.165) is 49.8 Å². The molecule has 28 nitrogen and oxygen atoms in total. The minimum absolute atomic E-state index is 0.108. The van der Waals surface area contributed by atoms with Crippen LogP contribution < -0.4 is 32.8 Å². The van der Waals surface area contributed by atoms with Crippen molar-refractivity contribution in [2.24, 2.45) is 21.1 Å². The lowest BCUT2D eigenvalue weighted by Crippen LogP contribution is -2.34. The first-order chi connectivity index (χ1) is 56.8. The van der Waals surface area contributed by atoms with Gasteiger partial charge in [0.1, 0.15) is 21.7 Å². The van der Waals surface area contributed by atoms with Crippen LogP contribution in [0.2, 0.25) is 0 Å². The number of amides is 3. The summed E-state index contributed by atoms with van der Waals surface area (Å²) in [7, 11) is 5.50. The maximum atomic E-state index is 14.0. The van der Waals surface area contributed by atoms with Crippen LogP contribution in [0.5, 0.6) is 0 Å². The molecular formula is C88H71N23O5S. The molecule has 0 aliphatic carbocycles. The number of nitrogen functional groups attached to an aromatic ring is 1. The van der Waals surface area contributed by atoms with Crippen LogP contribution in [-0.4, -0.2) is 110 Å². The Morgan fingerprint density at radius 3 is 1.48 bits per heavy atom. The number of aryl methyl sites for hydroxylation is 5. The number of hydrogen-bond donors (Lipinski definition) is 4. The van der Waals surface area contributed by atoms with E-state index in [1.807, 2.05) is 187 Å². The standard InChI is InChI=1S/C31H25N7O.C29H23N7O2S.C28H23N9O2/c1-20(34-31(39)30-21(2)36-38-14-8-7-11-29(30)38)25-16-28-27(15-26(25)23-9-5-4-6-10-23)24(18-32-35-28)13-12-22-17-33-37(3)19-22;1-18-24(23-11-7-8-14-35(23)33-18)27(37)31-19(2)26-32-28-25(29(38)36(26)22-9-5-4-6-10-22)21(17-39-28)13-12-20-15-30-34(3)16-20;1-18(31-27(38)23-22-10-6-7-14-35(22)32-25(23)29)26-33-36-15-13-20(12-11-19-16-30-34(2)17-19)24(36)28(39)37(26)21-8-4-3-5-9-21/h4-11,14-20H,1-3H3,(H,34,39);4-11,14-17,19H,1-3H3,(H,31,37);3-10,13-18H,1-2H3,(H2,29,32)(H,31,38)/t20-;19-;18-/m000/s1. The fourth-order valence-corrected chi connectivity index (χ4v) is 14.8. The summed E-state index contributed by atoms with van der Waals surface area (Å²) >= 11 is 1.35. The molecule has 14 aromatic heterocycles. The number of carbonyl (C=O) groups is 3. The van der Waals surface area contributed by atoms with Crippen LogP contribution in [0.25, 0.3) is 65.7 Å². The first-order valence-electron chi connectivity index (χ1n) is 37.0. The highest BCUT2D eigenvalue weighted by Gasteiger charge is 2.29. The molecule has 0 spiro atoms. The summed E-state index contributed by atoms with van der Waals surface area (Å²) in [6.45, 7) is 9.21. The number of thiophene rings is 1. The Balaban J connectivity index is 0.000000131. The predicted octanol–water partition coefficient (Wildman–Crippen LogP) is 11.2. The number of nitrogens with one attached hydrogen (secondary N) is 3. The zero-order valence-electron chi connectivity index (χ0n) is 64.3. The Morgan fingerprint density at radius 2 is 0.940 bits per heavy atom. The zero-order valence-corrected chi connectivity index (χ0v) is 65.1. The van der Waals surface area contributed by atoms with Gasteiger partial charge in [0.05, 0.1) is 138 Å². The number of hydrogen-bond acceptors (Lipinski definition) is 17. The topological polar surface area (TPSA) is 319 Å². The summed E-state index contributed by atoms with van der Waals surface area (Å²) in [5.74, 6) is 18.7. The molecule has 0 bridgehead atoms. The number of rotatable bonds is 12. The molecule has 29 heteroatoms. The van der Waals surface area contributed by atoms with Gasteiger partial charge in [-0.05, 0) is 130 Å². The van der Waals surface area contributed by atoms with Crippen LogP contribution in [0.3, 0.4) is 0 Å². The van der Waals surface area contributed by atoms with Gasteiger partial charge in [0.25, 0.3) is 28.8 Å². The highest BCUT2D eigenvalue weighted by Crippen LogP contribution is 2.34. The van der Waals surface area contributed by atoms with Gasteiger partial charge in [-0.15, -0.1) is 16.4 Å². The summed E-state index contributed by atoms with van der Waals surface area (Å²) in [5, 5.41) is 51.3. The predicted molar refractivity (Wildman–Crippen MR) is 446 cm³/mol. The van der Waals surface area contributed by atoms with Gasteiger partial charge in [-0.25, -0.2) is 23.0 Å². The van der Waals surface area contributed by atoms with Crippen LogP contribution in [0.15, 0.2) is 247 Å². The average molecular weight is 1560 g/mol. The summed E-state index contributed by atoms with van der Waals surface area (Å²) in [4.78, 5) is 73.7. The lowest BCUT2D eigenvalue weighted by Gasteiger charge is -2.19. The van der Waals surface area contributed by atoms with Gasteiger partial charge in [-0.3, -0.25) is 47.2 Å². The summed E-state index contributed by atoms with van der Waals surface area (Å²) in [6, 6.07) is 49.4. The number of carbonyl (C=O) groups excluding carboxylic acids is 3. The molecular weight excluding hydrogens is 1490 g/mol. The maximum absolute atomic E-state index is 14.0. The molecule has 0 saturated heterocycles. The third-order valence-corrected chi connectivity index (χ3v) is 20.2. The van der Waals surface area contributed by atoms with E-state index in [4.69, 9.17) is 15.8 Å². The van der Waals surface area contributed by atoms with Gasteiger partial charge in [-0.1, -0.05) is 120 Å². The van der Waals surface area contributed by atoms with E-state index in [-0.39, 0.29) is 40.4 Å². The molecule has 0 unspecified atom stereocenters. The Labute approximate surface area is 671 Å². The van der Waals surface area contributed by atoms with Crippen LogP contribution in [0.4, 0.5) is 5.82 Å². The molecule has 0 saturated carbocycles. The summed E-state index contributed by atoms with van der Waals surface area (Å²) in [5.41, 5.74) is 19.6. The van der Waals surface area contributed by atoms with E-state index in [0.29, 0.717) is 88.9 Å². The van der Waals surface area contributed by atoms with Crippen molar-refractivity contribution in [2.75, 3.05) is 5.73 Å². The fourth-order valence-electron chi connectivity index (χ4n) is 13.9. The third kappa shape index (κ3) is 15.3. The summed E-state index contributed by atoms with van der Waals surface area (Å²) < 4.78 is 14.6. The number of aromatic nitrogens is 19. The largest absolute Gasteiger partial charge is 0.382 e. The number of pyridine rings is 3. The molecule has 117 heavy (non-hydrogen) atoms. The van der Waals surface area contributed by atoms with E-state index >= 15 is 0 Å². The minimum atomic E-state index is -0.666. The van der Waals surface area contributed by atoms with Crippen molar-refractivity contribution in [1.82, 2.24) is 108 Å². The molecule has 574 valence electrons. The van der Waals surface area contributed by atoms with Gasteiger partial charge in [0, 0.05) is 75.3 Å².